The predicted octanol–water partition coefficient (Wildman–Crippen LogP) is 1.40. The summed E-state index contributed by atoms with van der Waals surface area (Å²) >= 11 is 0. The molecule has 1 fully saturated rings. The smallest absolute Gasteiger partial charge is 0.0514 e. The average Bonchev–Trinajstić information content (AvgIpc) is 1.86. The van der Waals surface area contributed by atoms with Crippen molar-refractivity contribution in [1.82, 2.24) is 0 Å². The first-order valence-corrected chi connectivity index (χ1v) is 4.35. The van der Waals surface area contributed by atoms with Gasteiger partial charge in [-0.3, -0.25) is 0 Å². The zero-order valence-electron chi connectivity index (χ0n) is 7.76. The highest BCUT2D eigenvalue weighted by Gasteiger charge is 2.32. The van der Waals surface area contributed by atoms with Gasteiger partial charge in [-0.25, -0.2) is 0 Å². The summed E-state index contributed by atoms with van der Waals surface area (Å²) in [5.41, 5.74) is 6.28. The van der Waals surface area contributed by atoms with Gasteiger partial charge in [0.05, 0.1) is 6.61 Å². The van der Waals surface area contributed by atoms with Crippen LogP contribution in [-0.2, 0) is 4.74 Å². The van der Waals surface area contributed by atoms with Crippen molar-refractivity contribution >= 4 is 0 Å². The van der Waals surface area contributed by atoms with Gasteiger partial charge < -0.3 is 10.5 Å². The Kier molecular flexibility index (Phi) is 2.55. The second-order valence-electron chi connectivity index (χ2n) is 4.50. The number of ether oxygens (including phenoxy) is 1. The van der Waals surface area contributed by atoms with Crippen LogP contribution < -0.4 is 5.73 Å². The molecule has 2 atom stereocenters. The standard InChI is InChI=1S/C9H19NO/c1-9(2,3)7-6-11-5-4-8(7)10/h7-8H,4-6,10H2,1-3H3/t7-,8+/m0/s1. The van der Waals surface area contributed by atoms with E-state index in [0.29, 0.717) is 17.4 Å². The monoisotopic (exact) mass is 157 g/mol. The normalized spacial score (nSPS) is 33.8. The summed E-state index contributed by atoms with van der Waals surface area (Å²) in [6, 6.07) is 0.337. The molecule has 0 aromatic heterocycles. The van der Waals surface area contributed by atoms with Gasteiger partial charge in [-0.2, -0.15) is 0 Å². The summed E-state index contributed by atoms with van der Waals surface area (Å²) in [6.07, 6.45) is 1.02. The van der Waals surface area contributed by atoms with Crippen LogP contribution >= 0.6 is 0 Å². The molecule has 1 heterocycles. The molecule has 11 heavy (non-hydrogen) atoms. The molecule has 0 aromatic carbocycles. The van der Waals surface area contributed by atoms with E-state index in [2.05, 4.69) is 20.8 Å². The van der Waals surface area contributed by atoms with Crippen LogP contribution in [0.5, 0.6) is 0 Å². The highest BCUT2D eigenvalue weighted by atomic mass is 16.5. The van der Waals surface area contributed by atoms with Gasteiger partial charge in [-0.05, 0) is 11.8 Å². The van der Waals surface area contributed by atoms with Crippen molar-refractivity contribution in [2.24, 2.45) is 17.1 Å². The SMILES string of the molecule is CC(C)(C)[C@H]1COCC[C@H]1N. The Morgan fingerprint density at radius 1 is 1.36 bits per heavy atom. The summed E-state index contributed by atoms with van der Waals surface area (Å²) in [5, 5.41) is 0. The number of rotatable bonds is 0. The molecule has 0 bridgehead atoms. The van der Waals surface area contributed by atoms with Gasteiger partial charge >= 0.3 is 0 Å². The first kappa shape index (κ1) is 9.01. The highest BCUT2D eigenvalue weighted by Crippen LogP contribution is 2.31. The lowest BCUT2D eigenvalue weighted by Crippen LogP contribution is -2.45. The molecule has 2 N–H and O–H groups in total. The fraction of sp³-hybridized carbons (Fsp3) is 1.00. The van der Waals surface area contributed by atoms with Crippen LogP contribution in [0.25, 0.3) is 0 Å². The van der Waals surface area contributed by atoms with Crippen molar-refractivity contribution < 1.29 is 4.74 Å². The fourth-order valence-electron chi connectivity index (χ4n) is 1.65. The van der Waals surface area contributed by atoms with Gasteiger partial charge in [0.15, 0.2) is 0 Å². The summed E-state index contributed by atoms with van der Waals surface area (Å²) in [7, 11) is 0. The van der Waals surface area contributed by atoms with Crippen molar-refractivity contribution in [2.45, 2.75) is 33.2 Å². The van der Waals surface area contributed by atoms with Crippen LogP contribution in [0, 0.1) is 11.3 Å². The molecule has 66 valence electrons. The zero-order valence-corrected chi connectivity index (χ0v) is 7.76. The minimum atomic E-state index is 0.292. The lowest BCUT2D eigenvalue weighted by Gasteiger charge is -2.38. The molecule has 1 aliphatic heterocycles. The van der Waals surface area contributed by atoms with E-state index < -0.39 is 0 Å². The lowest BCUT2D eigenvalue weighted by atomic mass is 9.75. The van der Waals surface area contributed by atoms with Gasteiger partial charge in [0.1, 0.15) is 0 Å². The second-order valence-corrected chi connectivity index (χ2v) is 4.50. The van der Waals surface area contributed by atoms with Gasteiger partial charge in [0, 0.05) is 18.6 Å². The molecule has 1 aliphatic rings. The van der Waals surface area contributed by atoms with Crippen LogP contribution in [0.15, 0.2) is 0 Å². The van der Waals surface area contributed by atoms with E-state index in [1.54, 1.807) is 0 Å². The van der Waals surface area contributed by atoms with Gasteiger partial charge in [-0.15, -0.1) is 0 Å². The maximum absolute atomic E-state index is 5.99. The van der Waals surface area contributed by atoms with Crippen molar-refractivity contribution in [3.63, 3.8) is 0 Å². The van der Waals surface area contributed by atoms with Gasteiger partial charge in [-0.1, -0.05) is 20.8 Å². The average molecular weight is 157 g/mol. The lowest BCUT2D eigenvalue weighted by molar-refractivity contribution is -0.00311. The summed E-state index contributed by atoms with van der Waals surface area (Å²) in [6.45, 7) is 8.36. The third kappa shape index (κ3) is 2.17. The molecule has 0 amide bonds. The summed E-state index contributed by atoms with van der Waals surface area (Å²) in [5.74, 6) is 0.524. The largest absolute Gasteiger partial charge is 0.381 e. The topological polar surface area (TPSA) is 35.2 Å². The Bertz CT molecular complexity index is 128. The molecule has 2 heteroatoms. The summed E-state index contributed by atoms with van der Waals surface area (Å²) < 4.78 is 5.40. The maximum Gasteiger partial charge on any atom is 0.0514 e. The van der Waals surface area contributed by atoms with Crippen molar-refractivity contribution in [3.05, 3.63) is 0 Å². The molecule has 0 unspecified atom stereocenters. The van der Waals surface area contributed by atoms with Crippen LogP contribution in [0.2, 0.25) is 0 Å². The second kappa shape index (κ2) is 3.11. The molecule has 0 aromatic rings. The van der Waals surface area contributed by atoms with Crippen LogP contribution in [0.4, 0.5) is 0 Å². The number of hydrogen-bond acceptors (Lipinski definition) is 2. The van der Waals surface area contributed by atoms with Crippen LogP contribution in [0.3, 0.4) is 0 Å². The predicted molar refractivity (Wildman–Crippen MR) is 46.4 cm³/mol. The first-order chi connectivity index (χ1) is 5.02. The first-order valence-electron chi connectivity index (χ1n) is 4.35. The van der Waals surface area contributed by atoms with E-state index in [4.69, 9.17) is 10.5 Å². The fourth-order valence-corrected chi connectivity index (χ4v) is 1.65. The van der Waals surface area contributed by atoms with Crippen LogP contribution in [-0.4, -0.2) is 19.3 Å². The minimum Gasteiger partial charge on any atom is -0.381 e. The zero-order chi connectivity index (χ0) is 8.48. The molecule has 1 rings (SSSR count). The van der Waals surface area contributed by atoms with E-state index in [-0.39, 0.29) is 0 Å². The molecule has 0 radical (unpaired) electrons. The molecule has 0 spiro atoms. The summed E-state index contributed by atoms with van der Waals surface area (Å²) in [4.78, 5) is 0. The van der Waals surface area contributed by atoms with Crippen molar-refractivity contribution in [1.29, 1.82) is 0 Å². The van der Waals surface area contributed by atoms with Gasteiger partial charge in [0.2, 0.25) is 0 Å². The van der Waals surface area contributed by atoms with E-state index in [9.17, 15) is 0 Å². The Balaban J connectivity index is 2.55. The van der Waals surface area contributed by atoms with Crippen molar-refractivity contribution in [3.8, 4) is 0 Å². The van der Waals surface area contributed by atoms with Gasteiger partial charge in [0.25, 0.3) is 0 Å². The number of hydrogen-bond donors (Lipinski definition) is 1. The van der Waals surface area contributed by atoms with E-state index >= 15 is 0 Å². The number of nitrogens with two attached hydrogens (primary N) is 1. The Hall–Kier alpha value is -0.0800. The quantitative estimate of drug-likeness (QED) is 0.577. The maximum atomic E-state index is 5.99. The molecule has 1 saturated heterocycles. The van der Waals surface area contributed by atoms with Crippen molar-refractivity contribution in [2.75, 3.05) is 13.2 Å². The molecule has 0 saturated carbocycles. The third-order valence-corrected chi connectivity index (χ3v) is 2.52. The minimum absolute atomic E-state index is 0.292. The van der Waals surface area contributed by atoms with Crippen LogP contribution in [0.1, 0.15) is 27.2 Å². The Labute approximate surface area is 69.1 Å². The Morgan fingerprint density at radius 2 is 2.00 bits per heavy atom. The van der Waals surface area contributed by atoms with E-state index in [0.717, 1.165) is 19.6 Å². The van der Waals surface area contributed by atoms with E-state index in [1.165, 1.54) is 0 Å². The molecule has 2 nitrogen and oxygen atoms in total. The van der Waals surface area contributed by atoms with E-state index in [1.807, 2.05) is 0 Å². The highest BCUT2D eigenvalue weighted by molar-refractivity contribution is 4.84. The molecule has 0 aliphatic carbocycles. The molecular formula is C9H19NO. The third-order valence-electron chi connectivity index (χ3n) is 2.52. The Morgan fingerprint density at radius 3 is 2.36 bits per heavy atom. The molecular weight excluding hydrogens is 138 g/mol.